The quantitative estimate of drug-likeness (QED) is 0.832. The highest BCUT2D eigenvalue weighted by Gasteiger charge is 2.29. The highest BCUT2D eigenvalue weighted by atomic mass is 15.3. The number of aromatic nitrogens is 1. The molecule has 0 aromatic carbocycles. The van der Waals surface area contributed by atoms with Crippen molar-refractivity contribution in [3.8, 4) is 0 Å². The van der Waals surface area contributed by atoms with E-state index in [2.05, 4.69) is 41.8 Å². The van der Waals surface area contributed by atoms with Crippen LogP contribution in [-0.2, 0) is 0 Å². The Kier molecular flexibility index (Phi) is 3.74. The van der Waals surface area contributed by atoms with E-state index < -0.39 is 0 Å². The molecule has 3 heteroatoms. The number of nitrogens with zero attached hydrogens (tertiary/aromatic N) is 3. The molecule has 2 saturated heterocycles. The second-order valence-electron chi connectivity index (χ2n) is 6.21. The summed E-state index contributed by atoms with van der Waals surface area (Å²) in [7, 11) is 0. The van der Waals surface area contributed by atoms with E-state index >= 15 is 0 Å². The van der Waals surface area contributed by atoms with Gasteiger partial charge in [-0.05, 0) is 50.4 Å². The topological polar surface area (TPSA) is 19.4 Å². The van der Waals surface area contributed by atoms with Gasteiger partial charge in [-0.15, -0.1) is 0 Å². The van der Waals surface area contributed by atoms with Gasteiger partial charge in [-0.1, -0.05) is 19.9 Å². The molecule has 104 valence electrons. The molecule has 3 heterocycles. The Bertz CT molecular complexity index is 424. The molecule has 1 aromatic rings. The maximum Gasteiger partial charge on any atom is 0.128 e. The third-order valence-electron chi connectivity index (χ3n) is 4.49. The molecule has 0 radical (unpaired) electrons. The second-order valence-corrected chi connectivity index (χ2v) is 6.21. The summed E-state index contributed by atoms with van der Waals surface area (Å²) in [4.78, 5) is 9.96. The first-order valence-electron chi connectivity index (χ1n) is 7.70. The van der Waals surface area contributed by atoms with Gasteiger partial charge < -0.3 is 4.90 Å². The maximum absolute atomic E-state index is 4.82. The van der Waals surface area contributed by atoms with E-state index in [0.717, 1.165) is 19.1 Å². The van der Waals surface area contributed by atoms with E-state index in [1.54, 1.807) is 0 Å². The molecule has 1 atom stereocenters. The molecule has 2 aliphatic heterocycles. The smallest absolute Gasteiger partial charge is 0.128 e. The van der Waals surface area contributed by atoms with E-state index in [-0.39, 0.29) is 0 Å². The molecule has 0 bridgehead atoms. The zero-order valence-electron chi connectivity index (χ0n) is 12.2. The molecule has 19 heavy (non-hydrogen) atoms. The van der Waals surface area contributed by atoms with Gasteiger partial charge in [-0.25, -0.2) is 4.98 Å². The molecule has 0 N–H and O–H groups in total. The van der Waals surface area contributed by atoms with Crippen molar-refractivity contribution in [1.82, 2.24) is 9.88 Å². The van der Waals surface area contributed by atoms with Crippen LogP contribution in [0.3, 0.4) is 0 Å². The average Bonchev–Trinajstić information content (AvgIpc) is 3.09. The molecule has 1 aromatic heterocycles. The van der Waals surface area contributed by atoms with E-state index in [9.17, 15) is 0 Å². The lowest BCUT2D eigenvalue weighted by atomic mass is 10.1. The summed E-state index contributed by atoms with van der Waals surface area (Å²) >= 11 is 0. The van der Waals surface area contributed by atoms with Crippen LogP contribution in [0.2, 0.25) is 0 Å². The minimum absolute atomic E-state index is 0.511. The predicted octanol–water partition coefficient (Wildman–Crippen LogP) is 2.88. The summed E-state index contributed by atoms with van der Waals surface area (Å²) < 4.78 is 0. The van der Waals surface area contributed by atoms with Crippen LogP contribution in [0.4, 0.5) is 5.82 Å². The van der Waals surface area contributed by atoms with Crippen molar-refractivity contribution in [3.63, 3.8) is 0 Å². The summed E-state index contributed by atoms with van der Waals surface area (Å²) in [6.45, 7) is 9.35. The highest BCUT2D eigenvalue weighted by Crippen LogP contribution is 2.25. The van der Waals surface area contributed by atoms with Crippen LogP contribution in [-0.4, -0.2) is 42.1 Å². The molecule has 2 aliphatic rings. The number of hydrogen-bond donors (Lipinski definition) is 0. The lowest BCUT2D eigenvalue weighted by Gasteiger charge is -2.24. The van der Waals surface area contributed by atoms with Gasteiger partial charge in [0.1, 0.15) is 5.82 Å². The summed E-state index contributed by atoms with van der Waals surface area (Å²) in [6, 6.07) is 7.22. The largest absolute Gasteiger partial charge is 0.355 e. The highest BCUT2D eigenvalue weighted by molar-refractivity contribution is 5.41. The summed E-state index contributed by atoms with van der Waals surface area (Å²) in [5, 5.41) is 0. The van der Waals surface area contributed by atoms with Gasteiger partial charge >= 0.3 is 0 Å². The number of rotatable bonds is 3. The Morgan fingerprint density at radius 1 is 1.16 bits per heavy atom. The lowest BCUT2D eigenvalue weighted by Crippen LogP contribution is -2.35. The fourth-order valence-corrected chi connectivity index (χ4v) is 3.29. The first-order chi connectivity index (χ1) is 9.24. The normalized spacial score (nSPS) is 24.6. The van der Waals surface area contributed by atoms with Gasteiger partial charge in [0.25, 0.3) is 0 Å². The van der Waals surface area contributed by atoms with E-state index in [1.165, 1.54) is 43.9 Å². The van der Waals surface area contributed by atoms with E-state index in [4.69, 9.17) is 4.98 Å². The summed E-state index contributed by atoms with van der Waals surface area (Å²) in [5.74, 6) is 1.69. The van der Waals surface area contributed by atoms with Crippen molar-refractivity contribution >= 4 is 5.82 Å². The molecule has 3 rings (SSSR count). The number of likely N-dealkylation sites (tertiary alicyclic amines) is 1. The minimum atomic E-state index is 0.511. The Morgan fingerprint density at radius 3 is 2.68 bits per heavy atom. The standard InChI is InChI=1S/C16H25N3/c1-13(2)15-6-5-7-16(17-15)19-11-8-14(12-19)18-9-3-4-10-18/h5-7,13-14H,3-4,8-12H2,1-2H3. The van der Waals surface area contributed by atoms with Crippen molar-refractivity contribution in [1.29, 1.82) is 0 Å². The molecular formula is C16H25N3. The third kappa shape index (κ3) is 2.76. The van der Waals surface area contributed by atoms with Crippen LogP contribution in [0.1, 0.15) is 44.7 Å². The van der Waals surface area contributed by atoms with Gasteiger partial charge in [0.05, 0.1) is 0 Å². The van der Waals surface area contributed by atoms with Gasteiger partial charge in [-0.3, -0.25) is 4.90 Å². The maximum atomic E-state index is 4.82. The van der Waals surface area contributed by atoms with Crippen LogP contribution in [0.5, 0.6) is 0 Å². The van der Waals surface area contributed by atoms with Crippen molar-refractivity contribution < 1.29 is 0 Å². The summed E-state index contributed by atoms with van der Waals surface area (Å²) in [5.41, 5.74) is 1.21. The van der Waals surface area contributed by atoms with Crippen molar-refractivity contribution in [2.45, 2.75) is 45.1 Å². The SMILES string of the molecule is CC(C)c1cccc(N2CCC(N3CCCC3)C2)n1. The minimum Gasteiger partial charge on any atom is -0.355 e. The van der Waals surface area contributed by atoms with Gasteiger partial charge in [-0.2, -0.15) is 0 Å². The lowest BCUT2D eigenvalue weighted by molar-refractivity contribution is 0.260. The third-order valence-corrected chi connectivity index (χ3v) is 4.49. The first-order valence-corrected chi connectivity index (χ1v) is 7.70. The molecule has 0 amide bonds. The molecule has 0 aliphatic carbocycles. The average molecular weight is 259 g/mol. The van der Waals surface area contributed by atoms with Crippen LogP contribution in [0.15, 0.2) is 18.2 Å². The molecule has 1 unspecified atom stereocenters. The monoisotopic (exact) mass is 259 g/mol. The fraction of sp³-hybridized carbons (Fsp3) is 0.688. The Morgan fingerprint density at radius 2 is 1.95 bits per heavy atom. The molecule has 0 saturated carbocycles. The molecule has 3 nitrogen and oxygen atoms in total. The molecule has 0 spiro atoms. The first kappa shape index (κ1) is 12.9. The van der Waals surface area contributed by atoms with Crippen LogP contribution in [0, 0.1) is 0 Å². The number of pyridine rings is 1. The zero-order chi connectivity index (χ0) is 13.2. The summed E-state index contributed by atoms with van der Waals surface area (Å²) in [6.07, 6.45) is 4.07. The van der Waals surface area contributed by atoms with Crippen LogP contribution in [0.25, 0.3) is 0 Å². The molecule has 2 fully saturated rings. The van der Waals surface area contributed by atoms with Gasteiger partial charge in [0, 0.05) is 24.8 Å². The van der Waals surface area contributed by atoms with Gasteiger partial charge in [0.2, 0.25) is 0 Å². The van der Waals surface area contributed by atoms with Crippen molar-refractivity contribution in [2.24, 2.45) is 0 Å². The van der Waals surface area contributed by atoms with Crippen molar-refractivity contribution in [3.05, 3.63) is 23.9 Å². The van der Waals surface area contributed by atoms with E-state index in [1.807, 2.05) is 0 Å². The van der Waals surface area contributed by atoms with E-state index in [0.29, 0.717) is 5.92 Å². The van der Waals surface area contributed by atoms with Crippen molar-refractivity contribution in [2.75, 3.05) is 31.1 Å². The Balaban J connectivity index is 1.68. The Labute approximate surface area is 116 Å². The number of hydrogen-bond acceptors (Lipinski definition) is 3. The van der Waals surface area contributed by atoms with Crippen LogP contribution < -0.4 is 4.90 Å². The zero-order valence-corrected chi connectivity index (χ0v) is 12.2. The second kappa shape index (κ2) is 5.49. The number of anilines is 1. The van der Waals surface area contributed by atoms with Gasteiger partial charge in [0.15, 0.2) is 0 Å². The fourth-order valence-electron chi connectivity index (χ4n) is 3.29. The predicted molar refractivity (Wildman–Crippen MR) is 79.8 cm³/mol. The Hall–Kier alpha value is -1.09. The van der Waals surface area contributed by atoms with Crippen LogP contribution >= 0.6 is 0 Å². The molecular weight excluding hydrogens is 234 g/mol.